The van der Waals surface area contributed by atoms with Crippen LogP contribution in [0.15, 0.2) is 170 Å². The van der Waals surface area contributed by atoms with E-state index in [4.69, 9.17) is 0 Å². The Bertz CT molecular complexity index is 2640. The number of benzene rings is 10. The van der Waals surface area contributed by atoms with Gasteiger partial charge < -0.3 is 0 Å². The van der Waals surface area contributed by atoms with Gasteiger partial charge in [-0.15, -0.1) is 0 Å². The van der Waals surface area contributed by atoms with Crippen molar-refractivity contribution in [1.82, 2.24) is 0 Å². The van der Waals surface area contributed by atoms with Gasteiger partial charge >= 0.3 is 0 Å². The second-order valence-electron chi connectivity index (χ2n) is 12.5. The molecule has 0 unspecified atom stereocenters. The Balaban J connectivity index is 1.14. The molecule has 0 aromatic heterocycles. The molecular formula is C46H28. The quantitative estimate of drug-likeness (QED) is 0.178. The van der Waals surface area contributed by atoms with Crippen molar-refractivity contribution >= 4 is 75.4 Å². The first kappa shape index (κ1) is 25.4. The SMILES string of the molecule is c1ccc2c(c1)ccc1cc(-c3ccc4c5ccc(-c6ccc7c(ccc8ccccc87)c6)cc5c5ccccc5c4c3)ccc12. The summed E-state index contributed by atoms with van der Waals surface area (Å²) in [6, 6.07) is 62.9. The van der Waals surface area contributed by atoms with E-state index in [0.717, 1.165) is 0 Å². The van der Waals surface area contributed by atoms with E-state index in [9.17, 15) is 0 Å². The number of fused-ring (bicyclic) bond motifs is 12. The molecule has 10 aromatic carbocycles. The summed E-state index contributed by atoms with van der Waals surface area (Å²) in [6.07, 6.45) is 0. The lowest BCUT2D eigenvalue weighted by Gasteiger charge is -2.14. The fraction of sp³-hybridized carbons (Fsp3) is 0. The molecule has 212 valence electrons. The molecule has 0 saturated carbocycles. The zero-order valence-electron chi connectivity index (χ0n) is 25.2. The van der Waals surface area contributed by atoms with Crippen LogP contribution in [0.5, 0.6) is 0 Å². The lowest BCUT2D eigenvalue weighted by Crippen LogP contribution is -1.87. The van der Waals surface area contributed by atoms with E-state index in [1.807, 2.05) is 0 Å². The van der Waals surface area contributed by atoms with Gasteiger partial charge in [0.1, 0.15) is 0 Å². The van der Waals surface area contributed by atoms with Gasteiger partial charge in [0.25, 0.3) is 0 Å². The minimum atomic E-state index is 1.24. The summed E-state index contributed by atoms with van der Waals surface area (Å²) in [5.41, 5.74) is 4.97. The van der Waals surface area contributed by atoms with Crippen molar-refractivity contribution in [3.8, 4) is 22.3 Å². The molecule has 0 nitrogen and oxygen atoms in total. The van der Waals surface area contributed by atoms with Crippen LogP contribution in [-0.4, -0.2) is 0 Å². The molecule has 10 aromatic rings. The van der Waals surface area contributed by atoms with E-state index in [2.05, 4.69) is 170 Å². The normalized spacial score (nSPS) is 11.9. The molecule has 0 spiro atoms. The molecule has 0 fully saturated rings. The van der Waals surface area contributed by atoms with Crippen molar-refractivity contribution in [2.45, 2.75) is 0 Å². The third-order valence-corrected chi connectivity index (χ3v) is 9.99. The highest BCUT2D eigenvalue weighted by Crippen LogP contribution is 2.40. The Morgan fingerprint density at radius 1 is 0.174 bits per heavy atom. The van der Waals surface area contributed by atoms with Crippen molar-refractivity contribution in [2.24, 2.45) is 0 Å². The Hall–Kier alpha value is -5.98. The monoisotopic (exact) mass is 580 g/mol. The van der Waals surface area contributed by atoms with E-state index >= 15 is 0 Å². The first-order valence-corrected chi connectivity index (χ1v) is 16.0. The number of hydrogen-bond donors (Lipinski definition) is 0. The number of hydrogen-bond acceptors (Lipinski definition) is 0. The van der Waals surface area contributed by atoms with Gasteiger partial charge in [0.2, 0.25) is 0 Å². The van der Waals surface area contributed by atoms with Crippen LogP contribution in [0.4, 0.5) is 0 Å². The van der Waals surface area contributed by atoms with E-state index in [1.54, 1.807) is 0 Å². The van der Waals surface area contributed by atoms with Gasteiger partial charge in [0.05, 0.1) is 0 Å². The van der Waals surface area contributed by atoms with Crippen LogP contribution in [0, 0.1) is 0 Å². The minimum absolute atomic E-state index is 1.24. The zero-order valence-corrected chi connectivity index (χ0v) is 25.2. The molecule has 0 aliphatic rings. The average molecular weight is 581 g/mol. The highest BCUT2D eigenvalue weighted by molar-refractivity contribution is 6.26. The summed E-state index contributed by atoms with van der Waals surface area (Å²) in [7, 11) is 0. The van der Waals surface area contributed by atoms with Gasteiger partial charge in [-0.1, -0.05) is 146 Å². The largest absolute Gasteiger partial charge is 0.0616 e. The molecule has 0 heteroatoms. The predicted octanol–water partition coefficient (Wildman–Crippen LogP) is 13.1. The van der Waals surface area contributed by atoms with Gasteiger partial charge in [-0.2, -0.15) is 0 Å². The molecule has 0 amide bonds. The smallest absolute Gasteiger partial charge is 0.00928 e. The van der Waals surface area contributed by atoms with Crippen molar-refractivity contribution in [2.75, 3.05) is 0 Å². The van der Waals surface area contributed by atoms with Crippen LogP contribution < -0.4 is 0 Å². The van der Waals surface area contributed by atoms with E-state index in [-0.39, 0.29) is 0 Å². The van der Waals surface area contributed by atoms with Gasteiger partial charge in [-0.25, -0.2) is 0 Å². The van der Waals surface area contributed by atoms with Crippen LogP contribution in [0.2, 0.25) is 0 Å². The van der Waals surface area contributed by atoms with Crippen LogP contribution in [0.3, 0.4) is 0 Å². The molecule has 0 aliphatic carbocycles. The first-order valence-electron chi connectivity index (χ1n) is 16.0. The summed E-state index contributed by atoms with van der Waals surface area (Å²) in [5.74, 6) is 0. The van der Waals surface area contributed by atoms with Crippen LogP contribution in [0.1, 0.15) is 0 Å². The Morgan fingerprint density at radius 2 is 0.478 bits per heavy atom. The molecule has 0 heterocycles. The van der Waals surface area contributed by atoms with Crippen molar-refractivity contribution < 1.29 is 0 Å². The van der Waals surface area contributed by atoms with Crippen molar-refractivity contribution in [3.63, 3.8) is 0 Å². The molecule has 46 heavy (non-hydrogen) atoms. The summed E-state index contributed by atoms with van der Waals surface area (Å²) in [6.45, 7) is 0. The highest BCUT2D eigenvalue weighted by atomic mass is 14.2. The summed E-state index contributed by atoms with van der Waals surface area (Å²) >= 11 is 0. The Kier molecular flexibility index (Phi) is 5.38. The fourth-order valence-electron chi connectivity index (χ4n) is 7.70. The molecule has 0 atom stereocenters. The van der Waals surface area contributed by atoms with Crippen LogP contribution in [-0.2, 0) is 0 Å². The third-order valence-electron chi connectivity index (χ3n) is 9.99. The molecule has 0 radical (unpaired) electrons. The van der Waals surface area contributed by atoms with Crippen molar-refractivity contribution in [3.05, 3.63) is 170 Å². The molecule has 0 bridgehead atoms. The van der Waals surface area contributed by atoms with E-state index < -0.39 is 0 Å². The second kappa shape index (κ2) is 9.76. The topological polar surface area (TPSA) is 0 Å². The Labute approximate surface area is 266 Å². The maximum Gasteiger partial charge on any atom is -0.00928 e. The third kappa shape index (κ3) is 3.81. The maximum atomic E-state index is 2.39. The average Bonchev–Trinajstić information content (AvgIpc) is 3.14. The van der Waals surface area contributed by atoms with Gasteiger partial charge in [-0.05, 0) is 122 Å². The maximum absolute atomic E-state index is 2.39. The van der Waals surface area contributed by atoms with E-state index in [0.29, 0.717) is 0 Å². The van der Waals surface area contributed by atoms with Crippen LogP contribution in [0.25, 0.3) is 97.7 Å². The molecule has 0 aliphatic heterocycles. The van der Waals surface area contributed by atoms with Crippen molar-refractivity contribution in [1.29, 1.82) is 0 Å². The van der Waals surface area contributed by atoms with Gasteiger partial charge in [0.15, 0.2) is 0 Å². The standard InChI is InChI=1S/C46H28/c1-3-9-37-29(7-1)13-15-35-25-31(17-21-39(35)37)33-19-23-43-44-24-20-34(28-46(44)42-12-6-5-11-41(42)45(43)27-33)32-18-22-40-36(26-32)16-14-30-8-2-4-10-38(30)40/h1-28H. The second-order valence-corrected chi connectivity index (χ2v) is 12.5. The lowest BCUT2D eigenvalue weighted by atomic mass is 9.89. The molecular weight excluding hydrogens is 553 g/mol. The summed E-state index contributed by atoms with van der Waals surface area (Å²) in [4.78, 5) is 0. The van der Waals surface area contributed by atoms with Crippen LogP contribution >= 0.6 is 0 Å². The number of rotatable bonds is 2. The van der Waals surface area contributed by atoms with Gasteiger partial charge in [0, 0.05) is 0 Å². The lowest BCUT2D eigenvalue weighted by molar-refractivity contribution is 1.68. The summed E-state index contributed by atoms with van der Waals surface area (Å²) in [5, 5.41) is 18.1. The first-order chi connectivity index (χ1) is 22.8. The molecule has 0 N–H and O–H groups in total. The van der Waals surface area contributed by atoms with E-state index in [1.165, 1.54) is 97.7 Å². The molecule has 0 saturated heterocycles. The Morgan fingerprint density at radius 3 is 0.935 bits per heavy atom. The summed E-state index contributed by atoms with van der Waals surface area (Å²) < 4.78 is 0. The highest BCUT2D eigenvalue weighted by Gasteiger charge is 2.12. The predicted molar refractivity (Wildman–Crippen MR) is 200 cm³/mol. The van der Waals surface area contributed by atoms with Gasteiger partial charge in [-0.3, -0.25) is 0 Å². The minimum Gasteiger partial charge on any atom is -0.0616 e. The molecule has 10 rings (SSSR count). The fourth-order valence-corrected chi connectivity index (χ4v) is 7.70. The zero-order chi connectivity index (χ0) is 30.2.